The summed E-state index contributed by atoms with van der Waals surface area (Å²) in [6.07, 6.45) is 3.34. The molecule has 0 radical (unpaired) electrons. The molecule has 1 amide bonds. The molecule has 2 aliphatic rings. The fraction of sp³-hybridized carbons (Fsp3) is 0.474. The van der Waals surface area contributed by atoms with E-state index in [4.69, 9.17) is 18.6 Å². The topological polar surface area (TPSA) is 88.1 Å². The number of fused-ring (bicyclic) bond motifs is 1. The van der Waals surface area contributed by atoms with E-state index in [-0.39, 0.29) is 18.9 Å². The van der Waals surface area contributed by atoms with Crippen molar-refractivity contribution in [2.24, 2.45) is 5.92 Å². The summed E-state index contributed by atoms with van der Waals surface area (Å²) in [4.78, 5) is 16.5. The number of nitrogens with zero attached hydrogens (tertiary/aromatic N) is 2. The molecule has 1 aromatic carbocycles. The highest BCUT2D eigenvalue weighted by Gasteiger charge is 2.53. The summed E-state index contributed by atoms with van der Waals surface area (Å²) in [7, 11) is 3.91. The number of terminal acetylenes is 1. The number of rotatable bonds is 4. The monoisotopic (exact) mass is 388 g/mol. The maximum Gasteiger partial charge on any atom is 0.226 e. The van der Waals surface area contributed by atoms with Crippen LogP contribution >= 0.6 is 12.2 Å². The second-order valence-electron chi connectivity index (χ2n) is 7.07. The van der Waals surface area contributed by atoms with Crippen LogP contribution in [0.1, 0.15) is 6.42 Å². The molecular weight excluding hydrogens is 364 g/mol. The second kappa shape index (κ2) is 7.72. The van der Waals surface area contributed by atoms with Crippen LogP contribution in [0.4, 0.5) is 11.4 Å². The van der Waals surface area contributed by atoms with E-state index < -0.39 is 30.2 Å². The van der Waals surface area contributed by atoms with E-state index in [0.29, 0.717) is 5.11 Å². The molecule has 144 valence electrons. The van der Waals surface area contributed by atoms with Crippen molar-refractivity contribution in [1.82, 2.24) is 10.6 Å². The Kier molecular flexibility index (Phi) is 5.56. The van der Waals surface area contributed by atoms with Gasteiger partial charge in [-0.2, -0.15) is 0 Å². The summed E-state index contributed by atoms with van der Waals surface area (Å²) in [6.45, 7) is 0.112. The summed E-state index contributed by atoms with van der Waals surface area (Å²) in [5, 5.41) is 26.9. The van der Waals surface area contributed by atoms with Gasteiger partial charge in [0.15, 0.2) is 5.11 Å². The highest BCUT2D eigenvalue weighted by Crippen LogP contribution is 2.37. The summed E-state index contributed by atoms with van der Waals surface area (Å²) in [6, 6.07) is 6.83. The molecule has 2 fully saturated rings. The Labute approximate surface area is 164 Å². The van der Waals surface area contributed by atoms with E-state index in [0.717, 1.165) is 11.4 Å². The SMILES string of the molecule is C#CCNC(=O)[C@@H]1C[C@@H](O)[C@H](O)[C@@H]2NC(=S)N(c3ccc(N(C)C)cc3)[C@H]21. The van der Waals surface area contributed by atoms with E-state index in [2.05, 4.69) is 16.6 Å². The molecule has 0 bridgehead atoms. The van der Waals surface area contributed by atoms with Crippen molar-refractivity contribution in [1.29, 1.82) is 0 Å². The third kappa shape index (κ3) is 3.58. The van der Waals surface area contributed by atoms with Crippen molar-refractivity contribution in [2.75, 3.05) is 30.4 Å². The van der Waals surface area contributed by atoms with Gasteiger partial charge in [0, 0.05) is 25.5 Å². The Bertz CT molecular complexity index is 761. The minimum Gasteiger partial charge on any atom is -0.390 e. The number of carbonyl (C=O) groups excluding carboxylic acids is 1. The maximum absolute atomic E-state index is 12.7. The van der Waals surface area contributed by atoms with Crippen molar-refractivity contribution < 1.29 is 15.0 Å². The van der Waals surface area contributed by atoms with Crippen LogP contribution in [-0.4, -0.2) is 66.2 Å². The Morgan fingerprint density at radius 2 is 2.07 bits per heavy atom. The first-order chi connectivity index (χ1) is 12.8. The number of amides is 1. The molecule has 5 atom stereocenters. The van der Waals surface area contributed by atoms with Crippen molar-refractivity contribution in [3.05, 3.63) is 24.3 Å². The van der Waals surface area contributed by atoms with Gasteiger partial charge in [0.25, 0.3) is 0 Å². The maximum atomic E-state index is 12.7. The predicted octanol–water partition coefficient (Wildman–Crippen LogP) is -0.325. The van der Waals surface area contributed by atoms with Gasteiger partial charge in [-0.25, -0.2) is 0 Å². The minimum atomic E-state index is -1.02. The molecule has 27 heavy (non-hydrogen) atoms. The molecule has 1 saturated heterocycles. The third-order valence-corrected chi connectivity index (χ3v) is 5.51. The lowest BCUT2D eigenvalue weighted by atomic mass is 9.77. The minimum absolute atomic E-state index is 0.112. The molecule has 1 saturated carbocycles. The number of hydrogen-bond donors (Lipinski definition) is 4. The zero-order chi connectivity index (χ0) is 19.7. The quantitative estimate of drug-likeness (QED) is 0.415. The number of benzene rings is 1. The first kappa shape index (κ1) is 19.4. The largest absolute Gasteiger partial charge is 0.390 e. The number of aliphatic hydroxyl groups excluding tert-OH is 2. The van der Waals surface area contributed by atoms with E-state index in [1.807, 2.05) is 48.2 Å². The molecule has 4 N–H and O–H groups in total. The van der Waals surface area contributed by atoms with Crippen LogP contribution in [0.25, 0.3) is 0 Å². The Morgan fingerprint density at radius 1 is 1.41 bits per heavy atom. The van der Waals surface area contributed by atoms with Crippen molar-refractivity contribution in [3.8, 4) is 12.3 Å². The van der Waals surface area contributed by atoms with E-state index in [1.54, 1.807) is 0 Å². The fourth-order valence-corrected chi connectivity index (χ4v) is 4.18. The van der Waals surface area contributed by atoms with Gasteiger partial charge in [0.2, 0.25) is 5.91 Å². The average molecular weight is 388 g/mol. The standard InChI is InChI=1S/C19H24N4O3S/c1-4-9-20-18(26)13-10-14(24)17(25)15-16(13)23(19(27)21-15)12-7-5-11(6-8-12)22(2)3/h1,5-8,13-17,24-25H,9-10H2,2-3H3,(H,20,26)(H,21,27)/t13-,14-,15-,16+,17+/m1/s1. The molecule has 3 rings (SSSR count). The molecule has 1 heterocycles. The molecule has 1 aliphatic carbocycles. The highest BCUT2D eigenvalue weighted by molar-refractivity contribution is 7.80. The van der Waals surface area contributed by atoms with Gasteiger partial charge in [0.05, 0.1) is 30.7 Å². The van der Waals surface area contributed by atoms with Gasteiger partial charge < -0.3 is 30.6 Å². The Balaban J connectivity index is 1.95. The van der Waals surface area contributed by atoms with Gasteiger partial charge in [-0.05, 0) is 42.9 Å². The van der Waals surface area contributed by atoms with Crippen LogP contribution in [0.3, 0.4) is 0 Å². The number of hydrogen-bond acceptors (Lipinski definition) is 5. The molecule has 0 aromatic heterocycles. The highest BCUT2D eigenvalue weighted by atomic mass is 32.1. The van der Waals surface area contributed by atoms with Gasteiger partial charge in [0.1, 0.15) is 6.10 Å². The Morgan fingerprint density at radius 3 is 2.67 bits per heavy atom. The molecule has 8 heteroatoms. The third-order valence-electron chi connectivity index (χ3n) is 5.19. The zero-order valence-electron chi connectivity index (χ0n) is 15.3. The molecule has 1 aliphatic heterocycles. The summed E-state index contributed by atoms with van der Waals surface area (Å²) in [5.74, 6) is 1.56. The van der Waals surface area contributed by atoms with E-state index in [1.165, 1.54) is 0 Å². The number of anilines is 2. The zero-order valence-corrected chi connectivity index (χ0v) is 16.1. The fourth-order valence-electron chi connectivity index (χ4n) is 3.82. The molecule has 1 aromatic rings. The van der Waals surface area contributed by atoms with Crippen LogP contribution in [0.5, 0.6) is 0 Å². The van der Waals surface area contributed by atoms with Crippen LogP contribution in [0.2, 0.25) is 0 Å². The lowest BCUT2D eigenvalue weighted by Crippen LogP contribution is -2.61. The lowest BCUT2D eigenvalue weighted by molar-refractivity contribution is -0.130. The lowest BCUT2D eigenvalue weighted by Gasteiger charge is -2.41. The Hall–Kier alpha value is -2.34. The predicted molar refractivity (Wildman–Crippen MR) is 109 cm³/mol. The van der Waals surface area contributed by atoms with E-state index in [9.17, 15) is 15.0 Å². The van der Waals surface area contributed by atoms with Crippen LogP contribution in [-0.2, 0) is 4.79 Å². The van der Waals surface area contributed by atoms with Gasteiger partial charge >= 0.3 is 0 Å². The molecule has 7 nitrogen and oxygen atoms in total. The molecule has 0 unspecified atom stereocenters. The van der Waals surface area contributed by atoms with Gasteiger partial charge in [-0.3, -0.25) is 4.79 Å². The molecular formula is C19H24N4O3S. The first-order valence-corrected chi connectivity index (χ1v) is 9.20. The number of aliphatic hydroxyl groups is 2. The van der Waals surface area contributed by atoms with Crippen LogP contribution in [0.15, 0.2) is 24.3 Å². The van der Waals surface area contributed by atoms with Crippen LogP contribution in [0, 0.1) is 18.3 Å². The van der Waals surface area contributed by atoms with Crippen molar-refractivity contribution in [3.63, 3.8) is 0 Å². The summed E-state index contributed by atoms with van der Waals surface area (Å²) in [5.41, 5.74) is 1.86. The van der Waals surface area contributed by atoms with Crippen molar-refractivity contribution >= 4 is 34.6 Å². The van der Waals surface area contributed by atoms with Crippen LogP contribution < -0.4 is 20.4 Å². The van der Waals surface area contributed by atoms with Gasteiger partial charge in [-0.1, -0.05) is 5.92 Å². The normalized spacial score (nSPS) is 29.5. The first-order valence-electron chi connectivity index (χ1n) is 8.79. The number of nitrogens with one attached hydrogen (secondary N) is 2. The molecule has 0 spiro atoms. The number of thiocarbonyl (C=S) groups is 1. The average Bonchev–Trinajstić information content (AvgIpc) is 3.00. The van der Waals surface area contributed by atoms with E-state index >= 15 is 0 Å². The van der Waals surface area contributed by atoms with Crippen molar-refractivity contribution in [2.45, 2.75) is 30.7 Å². The number of carbonyl (C=O) groups is 1. The summed E-state index contributed by atoms with van der Waals surface area (Å²) < 4.78 is 0. The smallest absolute Gasteiger partial charge is 0.226 e. The van der Waals surface area contributed by atoms with Gasteiger partial charge in [-0.15, -0.1) is 6.42 Å². The summed E-state index contributed by atoms with van der Waals surface area (Å²) >= 11 is 5.49. The second-order valence-corrected chi connectivity index (χ2v) is 7.46.